The monoisotopic (exact) mass is 329 g/mol. The number of benzene rings is 2. The minimum absolute atomic E-state index is 0.193. The molecule has 0 spiro atoms. The number of rotatable bonds is 6. The van der Waals surface area contributed by atoms with E-state index in [1.807, 2.05) is 37.3 Å². The molecule has 0 fully saturated rings. The molecule has 0 aliphatic carbocycles. The van der Waals surface area contributed by atoms with Crippen molar-refractivity contribution in [2.45, 2.75) is 19.9 Å². The Kier molecular flexibility index (Phi) is 6.61. The van der Waals surface area contributed by atoms with E-state index < -0.39 is 0 Å². The Morgan fingerprint density at radius 1 is 1.12 bits per heavy atom. The first-order valence-corrected chi connectivity index (χ1v) is 7.95. The van der Waals surface area contributed by atoms with Crippen molar-refractivity contribution in [3.05, 3.63) is 65.0 Å². The number of nitrogens with one attached hydrogen (secondary N) is 2. The van der Waals surface area contributed by atoms with Crippen molar-refractivity contribution < 1.29 is 9.13 Å². The fourth-order valence-electron chi connectivity index (χ4n) is 2.41. The van der Waals surface area contributed by atoms with E-state index >= 15 is 0 Å². The molecule has 5 heteroatoms. The zero-order chi connectivity index (χ0) is 17.4. The molecule has 2 N–H and O–H groups in total. The maximum absolute atomic E-state index is 13.1. The lowest BCUT2D eigenvalue weighted by molar-refractivity contribution is 0.414. The number of hydrogen-bond donors (Lipinski definition) is 2. The van der Waals surface area contributed by atoms with Gasteiger partial charge in [0.25, 0.3) is 0 Å². The number of hydrogen-bond acceptors (Lipinski definition) is 2. The molecule has 0 saturated heterocycles. The highest BCUT2D eigenvalue weighted by molar-refractivity contribution is 5.79. The first-order valence-electron chi connectivity index (χ1n) is 7.95. The summed E-state index contributed by atoms with van der Waals surface area (Å²) in [6, 6.07) is 12.8. The van der Waals surface area contributed by atoms with E-state index in [-0.39, 0.29) is 5.82 Å². The largest absolute Gasteiger partial charge is 0.497 e. The number of nitrogens with zero attached hydrogens (tertiary/aromatic N) is 1. The summed E-state index contributed by atoms with van der Waals surface area (Å²) in [5.41, 5.74) is 3.25. The fraction of sp³-hybridized carbons (Fsp3) is 0.316. The molecule has 0 aromatic heterocycles. The van der Waals surface area contributed by atoms with E-state index in [1.165, 1.54) is 6.07 Å². The van der Waals surface area contributed by atoms with Gasteiger partial charge in [0.2, 0.25) is 0 Å². The van der Waals surface area contributed by atoms with Crippen LogP contribution in [0.25, 0.3) is 0 Å². The lowest BCUT2D eigenvalue weighted by Crippen LogP contribution is -2.37. The van der Waals surface area contributed by atoms with Gasteiger partial charge in [0, 0.05) is 20.1 Å². The maximum Gasteiger partial charge on any atom is 0.191 e. The van der Waals surface area contributed by atoms with Crippen molar-refractivity contribution in [1.82, 2.24) is 10.6 Å². The summed E-state index contributed by atoms with van der Waals surface area (Å²) >= 11 is 0. The van der Waals surface area contributed by atoms with Crippen LogP contribution in [-0.2, 0) is 13.0 Å². The van der Waals surface area contributed by atoms with E-state index in [0.717, 1.165) is 41.4 Å². The van der Waals surface area contributed by atoms with Crippen LogP contribution < -0.4 is 15.4 Å². The van der Waals surface area contributed by atoms with E-state index in [1.54, 1.807) is 20.2 Å². The van der Waals surface area contributed by atoms with E-state index in [9.17, 15) is 4.39 Å². The zero-order valence-corrected chi connectivity index (χ0v) is 14.4. The molecule has 0 saturated carbocycles. The molecule has 0 radical (unpaired) electrons. The van der Waals surface area contributed by atoms with Crippen molar-refractivity contribution in [2.75, 3.05) is 20.7 Å². The number of aliphatic imine (C=N–C) groups is 1. The van der Waals surface area contributed by atoms with E-state index in [4.69, 9.17) is 4.74 Å². The molecule has 2 aromatic carbocycles. The molecule has 0 aliphatic rings. The molecule has 0 bridgehead atoms. The van der Waals surface area contributed by atoms with Gasteiger partial charge in [0.15, 0.2) is 5.96 Å². The van der Waals surface area contributed by atoms with Crippen LogP contribution in [0.2, 0.25) is 0 Å². The molecule has 0 heterocycles. The predicted octanol–water partition coefficient (Wildman–Crippen LogP) is 3.05. The van der Waals surface area contributed by atoms with Crippen molar-refractivity contribution in [2.24, 2.45) is 4.99 Å². The number of methoxy groups -OCH3 is 1. The predicted molar refractivity (Wildman–Crippen MR) is 96.0 cm³/mol. The van der Waals surface area contributed by atoms with Crippen molar-refractivity contribution >= 4 is 5.96 Å². The normalized spacial score (nSPS) is 11.2. The molecule has 2 aromatic rings. The Morgan fingerprint density at radius 3 is 2.50 bits per heavy atom. The summed E-state index contributed by atoms with van der Waals surface area (Å²) in [5, 5.41) is 6.54. The van der Waals surface area contributed by atoms with Gasteiger partial charge in [-0.15, -0.1) is 0 Å². The van der Waals surface area contributed by atoms with Gasteiger partial charge in [-0.25, -0.2) is 4.39 Å². The topological polar surface area (TPSA) is 45.7 Å². The Labute approximate surface area is 142 Å². The summed E-state index contributed by atoms with van der Waals surface area (Å²) < 4.78 is 18.3. The Hall–Kier alpha value is -2.56. The molecule has 4 nitrogen and oxygen atoms in total. The van der Waals surface area contributed by atoms with Gasteiger partial charge in [0.1, 0.15) is 11.6 Å². The van der Waals surface area contributed by atoms with Crippen LogP contribution in [-0.4, -0.2) is 26.7 Å². The van der Waals surface area contributed by atoms with Crippen LogP contribution in [0.15, 0.2) is 47.5 Å². The summed E-state index contributed by atoms with van der Waals surface area (Å²) in [7, 11) is 3.40. The highest BCUT2D eigenvalue weighted by Crippen LogP contribution is 2.11. The van der Waals surface area contributed by atoms with E-state index in [2.05, 4.69) is 15.6 Å². The summed E-state index contributed by atoms with van der Waals surface area (Å²) in [5.74, 6) is 1.39. The summed E-state index contributed by atoms with van der Waals surface area (Å²) in [6.07, 6.45) is 0.815. The van der Waals surface area contributed by atoms with E-state index in [0.29, 0.717) is 6.54 Å². The molecule has 0 aliphatic heterocycles. The van der Waals surface area contributed by atoms with Crippen LogP contribution in [0.5, 0.6) is 5.75 Å². The van der Waals surface area contributed by atoms with Crippen LogP contribution in [0, 0.1) is 12.7 Å². The Bertz CT molecular complexity index is 684. The lowest BCUT2D eigenvalue weighted by Gasteiger charge is -2.13. The van der Waals surface area contributed by atoms with Crippen molar-refractivity contribution in [1.29, 1.82) is 0 Å². The van der Waals surface area contributed by atoms with Crippen LogP contribution >= 0.6 is 0 Å². The average molecular weight is 329 g/mol. The Morgan fingerprint density at radius 2 is 1.88 bits per heavy atom. The fourth-order valence-corrected chi connectivity index (χ4v) is 2.41. The van der Waals surface area contributed by atoms with Gasteiger partial charge in [-0.05, 0) is 54.3 Å². The van der Waals surface area contributed by atoms with Gasteiger partial charge in [-0.3, -0.25) is 4.99 Å². The second-order valence-corrected chi connectivity index (χ2v) is 5.52. The van der Waals surface area contributed by atoms with Gasteiger partial charge in [-0.2, -0.15) is 0 Å². The SMILES string of the molecule is CN=C(NCCc1ccc(F)cc1C)NCc1ccc(OC)cc1. The number of guanidine groups is 1. The maximum atomic E-state index is 13.1. The third-order valence-electron chi connectivity index (χ3n) is 3.83. The molecule has 0 atom stereocenters. The molecule has 24 heavy (non-hydrogen) atoms. The van der Waals surface area contributed by atoms with Gasteiger partial charge < -0.3 is 15.4 Å². The molecule has 2 rings (SSSR count). The van der Waals surface area contributed by atoms with Gasteiger partial charge in [0.05, 0.1) is 7.11 Å². The quantitative estimate of drug-likeness (QED) is 0.632. The van der Waals surface area contributed by atoms with Gasteiger partial charge >= 0.3 is 0 Å². The summed E-state index contributed by atoms with van der Waals surface area (Å²) in [4.78, 5) is 4.21. The number of ether oxygens (including phenoxy) is 1. The standard InChI is InChI=1S/C19H24FN3O/c1-14-12-17(20)7-6-16(14)10-11-22-19(21-2)23-13-15-4-8-18(24-3)9-5-15/h4-9,12H,10-11,13H2,1-3H3,(H2,21,22,23). The van der Waals surface area contributed by atoms with Gasteiger partial charge in [-0.1, -0.05) is 18.2 Å². The third kappa shape index (κ3) is 5.26. The lowest BCUT2D eigenvalue weighted by atomic mass is 10.1. The second kappa shape index (κ2) is 8.91. The third-order valence-corrected chi connectivity index (χ3v) is 3.83. The number of aryl methyl sites for hydroxylation is 1. The second-order valence-electron chi connectivity index (χ2n) is 5.52. The van der Waals surface area contributed by atoms with Crippen LogP contribution in [0.3, 0.4) is 0 Å². The number of halogens is 1. The highest BCUT2D eigenvalue weighted by Gasteiger charge is 2.02. The highest BCUT2D eigenvalue weighted by atomic mass is 19.1. The average Bonchev–Trinajstić information content (AvgIpc) is 2.60. The minimum Gasteiger partial charge on any atom is -0.497 e. The smallest absolute Gasteiger partial charge is 0.191 e. The molecule has 128 valence electrons. The van der Waals surface area contributed by atoms with Crippen LogP contribution in [0.4, 0.5) is 4.39 Å². The Balaban J connectivity index is 1.79. The molecule has 0 amide bonds. The first kappa shape index (κ1) is 17.8. The summed E-state index contributed by atoms with van der Waals surface area (Å²) in [6.45, 7) is 3.34. The molecule has 0 unspecified atom stereocenters. The van der Waals surface area contributed by atoms with Crippen molar-refractivity contribution in [3.8, 4) is 5.75 Å². The zero-order valence-electron chi connectivity index (χ0n) is 14.4. The van der Waals surface area contributed by atoms with Crippen LogP contribution in [0.1, 0.15) is 16.7 Å². The molecular formula is C19H24FN3O. The van der Waals surface area contributed by atoms with Crippen molar-refractivity contribution in [3.63, 3.8) is 0 Å². The first-order chi connectivity index (χ1) is 11.6. The molecular weight excluding hydrogens is 305 g/mol. The minimum atomic E-state index is -0.193.